The highest BCUT2D eigenvalue weighted by Crippen LogP contribution is 2.28. The first-order valence-electron chi connectivity index (χ1n) is 5.64. The number of aromatic nitrogens is 2. The molecule has 0 aromatic carbocycles. The molecule has 0 saturated heterocycles. The highest BCUT2D eigenvalue weighted by atomic mass is 32.2. The lowest BCUT2D eigenvalue weighted by Gasteiger charge is -2.10. The topological polar surface area (TPSA) is 76.2 Å². The maximum Gasteiger partial charge on any atom is 0.345 e. The van der Waals surface area contributed by atoms with Crippen LogP contribution in [0.1, 0.15) is 42.2 Å². The SMILES string of the molecule is CC(C)(C)c1nnc(CSc2csc(C(=O)O)c2)o1. The Kier molecular flexibility index (Phi) is 3.96. The van der Waals surface area contributed by atoms with Crippen LogP contribution in [0.25, 0.3) is 0 Å². The first kappa shape index (κ1) is 14.1. The summed E-state index contributed by atoms with van der Waals surface area (Å²) in [6.07, 6.45) is 0. The van der Waals surface area contributed by atoms with E-state index in [1.54, 1.807) is 6.07 Å². The van der Waals surface area contributed by atoms with Gasteiger partial charge in [0.05, 0.1) is 5.75 Å². The Morgan fingerprint density at radius 3 is 2.74 bits per heavy atom. The fraction of sp³-hybridized carbons (Fsp3) is 0.417. The number of carboxylic acids is 1. The van der Waals surface area contributed by atoms with Gasteiger partial charge >= 0.3 is 5.97 Å². The quantitative estimate of drug-likeness (QED) is 0.872. The van der Waals surface area contributed by atoms with Gasteiger partial charge in [0.25, 0.3) is 0 Å². The Morgan fingerprint density at radius 1 is 1.47 bits per heavy atom. The van der Waals surface area contributed by atoms with Crippen molar-refractivity contribution in [2.24, 2.45) is 0 Å². The van der Waals surface area contributed by atoms with Crippen molar-refractivity contribution in [1.82, 2.24) is 10.2 Å². The van der Waals surface area contributed by atoms with Gasteiger partial charge in [-0.1, -0.05) is 20.8 Å². The molecule has 0 aliphatic heterocycles. The molecule has 0 saturated carbocycles. The van der Waals surface area contributed by atoms with Crippen molar-refractivity contribution in [3.63, 3.8) is 0 Å². The van der Waals surface area contributed by atoms with E-state index in [1.807, 2.05) is 26.2 Å². The van der Waals surface area contributed by atoms with Crippen LogP contribution in [0.4, 0.5) is 0 Å². The molecule has 0 fully saturated rings. The first-order valence-corrected chi connectivity index (χ1v) is 7.50. The third-order valence-electron chi connectivity index (χ3n) is 2.26. The van der Waals surface area contributed by atoms with E-state index in [0.717, 1.165) is 4.90 Å². The molecular weight excluding hydrogens is 284 g/mol. The normalized spacial score (nSPS) is 11.7. The summed E-state index contributed by atoms with van der Waals surface area (Å²) in [6.45, 7) is 6.03. The van der Waals surface area contributed by atoms with Crippen molar-refractivity contribution < 1.29 is 14.3 Å². The molecule has 5 nitrogen and oxygen atoms in total. The molecule has 102 valence electrons. The molecule has 0 aliphatic rings. The minimum Gasteiger partial charge on any atom is -0.477 e. The van der Waals surface area contributed by atoms with Gasteiger partial charge in [0.1, 0.15) is 4.88 Å². The van der Waals surface area contributed by atoms with E-state index in [2.05, 4.69) is 10.2 Å². The number of rotatable bonds is 4. The van der Waals surface area contributed by atoms with Crippen molar-refractivity contribution in [1.29, 1.82) is 0 Å². The average molecular weight is 298 g/mol. The zero-order chi connectivity index (χ0) is 14.0. The second-order valence-electron chi connectivity index (χ2n) is 4.99. The largest absolute Gasteiger partial charge is 0.477 e. The van der Waals surface area contributed by atoms with Crippen LogP contribution in [0.2, 0.25) is 0 Å². The summed E-state index contributed by atoms with van der Waals surface area (Å²) in [5.74, 6) is 0.807. The van der Waals surface area contributed by atoms with Crippen molar-refractivity contribution in [2.45, 2.75) is 36.8 Å². The molecule has 0 amide bonds. The number of thioether (sulfide) groups is 1. The molecule has 1 N–H and O–H groups in total. The molecule has 2 aromatic heterocycles. The van der Waals surface area contributed by atoms with Crippen LogP contribution in [-0.4, -0.2) is 21.3 Å². The lowest BCUT2D eigenvalue weighted by Crippen LogP contribution is -2.11. The predicted molar refractivity (Wildman–Crippen MR) is 73.8 cm³/mol. The maximum atomic E-state index is 10.8. The smallest absolute Gasteiger partial charge is 0.345 e. The third kappa shape index (κ3) is 3.57. The minimum atomic E-state index is -0.898. The fourth-order valence-corrected chi connectivity index (χ4v) is 2.97. The molecule has 0 aliphatic carbocycles. The van der Waals surface area contributed by atoms with Crippen LogP contribution in [-0.2, 0) is 11.2 Å². The summed E-state index contributed by atoms with van der Waals surface area (Å²) >= 11 is 2.70. The first-order chi connectivity index (χ1) is 8.86. The molecule has 0 radical (unpaired) electrons. The van der Waals surface area contributed by atoms with Crippen LogP contribution in [0, 0.1) is 0 Å². The second-order valence-corrected chi connectivity index (χ2v) is 6.95. The number of hydrogen-bond acceptors (Lipinski definition) is 6. The predicted octanol–water partition coefficient (Wildman–Crippen LogP) is 3.42. The minimum absolute atomic E-state index is 0.158. The molecule has 2 aromatic rings. The second kappa shape index (κ2) is 5.34. The molecule has 0 bridgehead atoms. The van der Waals surface area contributed by atoms with Crippen LogP contribution < -0.4 is 0 Å². The Labute approximate surface area is 119 Å². The van der Waals surface area contributed by atoms with Gasteiger partial charge < -0.3 is 9.52 Å². The van der Waals surface area contributed by atoms with Crippen molar-refractivity contribution in [3.8, 4) is 0 Å². The highest BCUT2D eigenvalue weighted by molar-refractivity contribution is 7.98. The molecule has 0 spiro atoms. The average Bonchev–Trinajstić information content (AvgIpc) is 2.95. The molecule has 2 heterocycles. The Balaban J connectivity index is 1.98. The van der Waals surface area contributed by atoms with E-state index < -0.39 is 5.97 Å². The van der Waals surface area contributed by atoms with Crippen LogP contribution in [0.3, 0.4) is 0 Å². The van der Waals surface area contributed by atoms with Gasteiger partial charge in [-0.05, 0) is 6.07 Å². The monoisotopic (exact) mass is 298 g/mol. The number of thiophene rings is 1. The summed E-state index contributed by atoms with van der Waals surface area (Å²) in [7, 11) is 0. The Morgan fingerprint density at radius 2 is 2.21 bits per heavy atom. The van der Waals surface area contributed by atoms with Gasteiger partial charge in [-0.15, -0.1) is 33.3 Å². The van der Waals surface area contributed by atoms with E-state index >= 15 is 0 Å². The Hall–Kier alpha value is -1.34. The van der Waals surface area contributed by atoms with Gasteiger partial charge in [-0.3, -0.25) is 0 Å². The molecule has 0 atom stereocenters. The standard InChI is InChI=1S/C12H14N2O3S2/c1-12(2,3)11-14-13-9(17-11)6-18-7-4-8(10(15)16)19-5-7/h4-5H,6H2,1-3H3,(H,15,16). The van der Waals surface area contributed by atoms with E-state index in [4.69, 9.17) is 9.52 Å². The molecule has 0 unspecified atom stereocenters. The van der Waals surface area contributed by atoms with Crippen molar-refractivity contribution in [2.75, 3.05) is 0 Å². The summed E-state index contributed by atoms with van der Waals surface area (Å²) in [5, 5.41) is 18.7. The summed E-state index contributed by atoms with van der Waals surface area (Å²) in [6, 6.07) is 1.65. The lowest BCUT2D eigenvalue weighted by atomic mass is 9.97. The number of nitrogens with zero attached hydrogens (tertiary/aromatic N) is 2. The van der Waals surface area contributed by atoms with Gasteiger partial charge in [0.15, 0.2) is 0 Å². The van der Waals surface area contributed by atoms with Crippen LogP contribution in [0.15, 0.2) is 20.8 Å². The number of carboxylic acid groups (broad SMARTS) is 1. The molecule has 7 heteroatoms. The summed E-state index contributed by atoms with van der Waals surface area (Å²) < 4.78 is 5.57. The molecule has 19 heavy (non-hydrogen) atoms. The number of aromatic carboxylic acids is 1. The summed E-state index contributed by atoms with van der Waals surface area (Å²) in [4.78, 5) is 12.0. The van der Waals surface area contributed by atoms with E-state index in [-0.39, 0.29) is 5.41 Å². The van der Waals surface area contributed by atoms with Gasteiger partial charge in [-0.2, -0.15) is 0 Å². The number of carbonyl (C=O) groups is 1. The zero-order valence-corrected chi connectivity index (χ0v) is 12.5. The van der Waals surface area contributed by atoms with E-state index in [9.17, 15) is 4.79 Å². The molecule has 2 rings (SSSR count). The molecular formula is C12H14N2O3S2. The summed E-state index contributed by atoms with van der Waals surface area (Å²) in [5.41, 5.74) is -0.158. The van der Waals surface area contributed by atoms with E-state index in [0.29, 0.717) is 22.4 Å². The van der Waals surface area contributed by atoms with Gasteiger partial charge in [0, 0.05) is 15.7 Å². The van der Waals surface area contributed by atoms with Gasteiger partial charge in [-0.25, -0.2) is 4.79 Å². The Bertz CT molecular complexity index is 584. The van der Waals surface area contributed by atoms with Crippen LogP contribution >= 0.6 is 23.1 Å². The van der Waals surface area contributed by atoms with Crippen molar-refractivity contribution in [3.05, 3.63) is 28.1 Å². The third-order valence-corrected chi connectivity index (χ3v) is 4.28. The zero-order valence-electron chi connectivity index (χ0n) is 10.8. The van der Waals surface area contributed by atoms with Crippen LogP contribution in [0.5, 0.6) is 0 Å². The number of hydrogen-bond donors (Lipinski definition) is 1. The fourth-order valence-electron chi connectivity index (χ4n) is 1.27. The van der Waals surface area contributed by atoms with Gasteiger partial charge in [0.2, 0.25) is 11.8 Å². The maximum absolute atomic E-state index is 10.8. The lowest BCUT2D eigenvalue weighted by molar-refractivity contribution is 0.0702. The van der Waals surface area contributed by atoms with E-state index in [1.165, 1.54) is 23.1 Å². The highest BCUT2D eigenvalue weighted by Gasteiger charge is 2.21. The van der Waals surface area contributed by atoms with Crippen molar-refractivity contribution >= 4 is 29.1 Å².